The maximum atomic E-state index is 8.79. The zero-order chi connectivity index (χ0) is 7.68. The Morgan fingerprint density at radius 3 is 3.27 bits per heavy atom. The van der Waals surface area contributed by atoms with E-state index in [0.29, 0.717) is 6.61 Å². The van der Waals surface area contributed by atoms with Gasteiger partial charge in [0.25, 0.3) is 0 Å². The molecule has 2 rings (SSSR count). The molecule has 0 saturated heterocycles. The van der Waals surface area contributed by atoms with E-state index in [1.807, 2.05) is 0 Å². The summed E-state index contributed by atoms with van der Waals surface area (Å²) in [6, 6.07) is 0. The molecule has 3 nitrogen and oxygen atoms in total. The van der Waals surface area contributed by atoms with Crippen LogP contribution in [0.4, 0.5) is 0 Å². The predicted octanol–water partition coefficient (Wildman–Crippen LogP) is 0.708. The minimum absolute atomic E-state index is 0.0532. The molecule has 60 valence electrons. The van der Waals surface area contributed by atoms with E-state index in [9.17, 15) is 0 Å². The van der Waals surface area contributed by atoms with Gasteiger partial charge in [-0.1, -0.05) is 0 Å². The predicted molar refractivity (Wildman–Crippen MR) is 41.4 cm³/mol. The fourth-order valence-electron chi connectivity index (χ4n) is 1.15. The van der Waals surface area contributed by atoms with Crippen LogP contribution in [0, 0.1) is 0 Å². The number of nitrogens with zero attached hydrogens (tertiary/aromatic N) is 1. The van der Waals surface area contributed by atoms with Crippen molar-refractivity contribution in [2.45, 2.75) is 19.6 Å². The highest BCUT2D eigenvalue weighted by Crippen LogP contribution is 2.23. The van der Waals surface area contributed by atoms with Crippen LogP contribution in [0.25, 0.3) is 0 Å². The Kier molecular flexibility index (Phi) is 1.89. The molecule has 0 amide bonds. The molecular formula is C7H9NO2S. The van der Waals surface area contributed by atoms with Crippen molar-refractivity contribution in [3.8, 4) is 0 Å². The van der Waals surface area contributed by atoms with Gasteiger partial charge in [-0.05, 0) is 0 Å². The van der Waals surface area contributed by atoms with Gasteiger partial charge in [0.15, 0.2) is 0 Å². The minimum Gasteiger partial charge on any atom is -0.389 e. The van der Waals surface area contributed by atoms with Crippen molar-refractivity contribution in [1.82, 2.24) is 4.98 Å². The first kappa shape index (κ1) is 7.21. The van der Waals surface area contributed by atoms with Gasteiger partial charge < -0.3 is 9.84 Å². The van der Waals surface area contributed by atoms with Crippen molar-refractivity contribution in [1.29, 1.82) is 0 Å². The van der Waals surface area contributed by atoms with Crippen molar-refractivity contribution in [3.05, 3.63) is 15.6 Å². The zero-order valence-electron chi connectivity index (χ0n) is 6.04. The molecule has 0 aliphatic carbocycles. The molecule has 0 saturated carbocycles. The van der Waals surface area contributed by atoms with Crippen LogP contribution in [0.3, 0.4) is 0 Å². The van der Waals surface area contributed by atoms with Crippen LogP contribution in [0.15, 0.2) is 0 Å². The molecular weight excluding hydrogens is 162 g/mol. The van der Waals surface area contributed by atoms with Crippen molar-refractivity contribution in [2.75, 3.05) is 6.61 Å². The van der Waals surface area contributed by atoms with Crippen LogP contribution in [-0.4, -0.2) is 16.7 Å². The monoisotopic (exact) mass is 171 g/mol. The average molecular weight is 171 g/mol. The Labute approximate surface area is 68.7 Å². The van der Waals surface area contributed by atoms with Gasteiger partial charge in [0, 0.05) is 6.42 Å². The van der Waals surface area contributed by atoms with Crippen molar-refractivity contribution >= 4 is 11.3 Å². The smallest absolute Gasteiger partial charge is 0.119 e. The second kappa shape index (κ2) is 2.89. The lowest BCUT2D eigenvalue weighted by atomic mass is 10.2. The first-order valence-corrected chi connectivity index (χ1v) is 4.38. The minimum atomic E-state index is 0.0532. The molecule has 1 aliphatic rings. The van der Waals surface area contributed by atoms with Crippen LogP contribution in [0.2, 0.25) is 0 Å². The van der Waals surface area contributed by atoms with E-state index in [4.69, 9.17) is 9.84 Å². The Morgan fingerprint density at radius 1 is 1.64 bits per heavy atom. The van der Waals surface area contributed by atoms with Gasteiger partial charge in [-0.3, -0.25) is 0 Å². The number of fused-ring (bicyclic) bond motifs is 1. The van der Waals surface area contributed by atoms with E-state index < -0.39 is 0 Å². The maximum absolute atomic E-state index is 8.79. The summed E-state index contributed by atoms with van der Waals surface area (Å²) in [5, 5.41) is 9.60. The summed E-state index contributed by atoms with van der Waals surface area (Å²) < 4.78 is 5.24. The zero-order valence-corrected chi connectivity index (χ0v) is 6.86. The molecule has 0 fully saturated rings. The van der Waals surface area contributed by atoms with Gasteiger partial charge in [0.1, 0.15) is 5.01 Å². The number of thiazole rings is 1. The Balaban J connectivity index is 2.32. The van der Waals surface area contributed by atoms with Gasteiger partial charge in [-0.25, -0.2) is 4.98 Å². The Bertz CT molecular complexity index is 235. The Morgan fingerprint density at radius 2 is 2.55 bits per heavy atom. The highest BCUT2D eigenvalue weighted by atomic mass is 32.1. The summed E-state index contributed by atoms with van der Waals surface area (Å²) in [6.07, 6.45) is 0.895. The summed E-state index contributed by atoms with van der Waals surface area (Å²) in [5.74, 6) is 0. The summed E-state index contributed by atoms with van der Waals surface area (Å²) in [4.78, 5) is 5.44. The molecule has 1 aromatic rings. The first-order chi connectivity index (χ1) is 5.40. The van der Waals surface area contributed by atoms with E-state index in [1.165, 1.54) is 4.88 Å². The molecule has 0 bridgehead atoms. The van der Waals surface area contributed by atoms with E-state index in [1.54, 1.807) is 11.3 Å². The standard InChI is InChI=1S/C7H9NO2S/c9-3-7-8-5-1-2-10-4-6(5)11-7/h9H,1-4H2. The molecule has 0 aromatic carbocycles. The fraction of sp³-hybridized carbons (Fsp3) is 0.571. The third kappa shape index (κ3) is 1.29. The number of hydrogen-bond donors (Lipinski definition) is 1. The number of hydrogen-bond acceptors (Lipinski definition) is 4. The van der Waals surface area contributed by atoms with E-state index in [-0.39, 0.29) is 6.61 Å². The lowest BCUT2D eigenvalue weighted by Gasteiger charge is -2.08. The largest absolute Gasteiger partial charge is 0.389 e. The van der Waals surface area contributed by atoms with E-state index in [2.05, 4.69) is 4.98 Å². The quantitative estimate of drug-likeness (QED) is 0.676. The molecule has 11 heavy (non-hydrogen) atoms. The van der Waals surface area contributed by atoms with Crippen LogP contribution in [0.5, 0.6) is 0 Å². The molecule has 1 N–H and O–H groups in total. The van der Waals surface area contributed by atoms with Gasteiger partial charge in [-0.15, -0.1) is 11.3 Å². The molecule has 0 spiro atoms. The fourth-order valence-corrected chi connectivity index (χ4v) is 2.06. The van der Waals surface area contributed by atoms with Crippen LogP contribution in [0.1, 0.15) is 15.6 Å². The maximum Gasteiger partial charge on any atom is 0.119 e. The number of aliphatic hydroxyl groups is 1. The number of rotatable bonds is 1. The Hall–Kier alpha value is -0.450. The first-order valence-electron chi connectivity index (χ1n) is 3.56. The second-order valence-corrected chi connectivity index (χ2v) is 3.61. The summed E-state index contributed by atoms with van der Waals surface area (Å²) in [5.41, 5.74) is 1.12. The molecule has 0 radical (unpaired) electrons. The highest BCUT2D eigenvalue weighted by molar-refractivity contribution is 7.11. The topological polar surface area (TPSA) is 42.4 Å². The third-order valence-corrected chi connectivity index (χ3v) is 2.73. The molecule has 1 aromatic heterocycles. The molecule has 4 heteroatoms. The molecule has 1 aliphatic heterocycles. The molecule has 0 unspecified atom stereocenters. The normalized spacial score (nSPS) is 16.5. The number of aromatic nitrogens is 1. The van der Waals surface area contributed by atoms with E-state index in [0.717, 1.165) is 23.7 Å². The summed E-state index contributed by atoms with van der Waals surface area (Å²) >= 11 is 1.55. The third-order valence-electron chi connectivity index (χ3n) is 1.67. The van der Waals surface area contributed by atoms with Crippen LogP contribution in [-0.2, 0) is 24.4 Å². The van der Waals surface area contributed by atoms with Gasteiger partial charge in [0.2, 0.25) is 0 Å². The van der Waals surface area contributed by atoms with Crippen LogP contribution >= 0.6 is 11.3 Å². The SMILES string of the molecule is OCc1nc2c(s1)COCC2. The number of aliphatic hydroxyl groups excluding tert-OH is 1. The van der Waals surface area contributed by atoms with Crippen LogP contribution < -0.4 is 0 Å². The lowest BCUT2D eigenvalue weighted by molar-refractivity contribution is 0.112. The van der Waals surface area contributed by atoms with Crippen molar-refractivity contribution in [2.24, 2.45) is 0 Å². The summed E-state index contributed by atoms with van der Waals surface area (Å²) in [6.45, 7) is 1.49. The van der Waals surface area contributed by atoms with Gasteiger partial charge in [0.05, 0.1) is 30.4 Å². The van der Waals surface area contributed by atoms with Gasteiger partial charge >= 0.3 is 0 Å². The van der Waals surface area contributed by atoms with Crippen molar-refractivity contribution < 1.29 is 9.84 Å². The van der Waals surface area contributed by atoms with E-state index >= 15 is 0 Å². The second-order valence-electron chi connectivity index (χ2n) is 2.44. The average Bonchev–Trinajstić information content (AvgIpc) is 2.46. The molecule has 0 atom stereocenters. The van der Waals surface area contributed by atoms with Gasteiger partial charge in [-0.2, -0.15) is 0 Å². The lowest BCUT2D eigenvalue weighted by Crippen LogP contribution is -2.07. The number of ether oxygens (including phenoxy) is 1. The molecule has 2 heterocycles. The summed E-state index contributed by atoms with van der Waals surface area (Å²) in [7, 11) is 0. The van der Waals surface area contributed by atoms with Crippen molar-refractivity contribution in [3.63, 3.8) is 0 Å². The highest BCUT2D eigenvalue weighted by Gasteiger charge is 2.14.